The van der Waals surface area contributed by atoms with Crippen LogP contribution in [0.2, 0.25) is 5.02 Å². The molecule has 0 unspecified atom stereocenters. The molecule has 2 aliphatic rings. The van der Waals surface area contributed by atoms with Gasteiger partial charge in [-0.3, -0.25) is 4.79 Å². The third-order valence-electron chi connectivity index (χ3n) is 4.77. The van der Waals surface area contributed by atoms with Crippen LogP contribution in [0.5, 0.6) is 0 Å². The quantitative estimate of drug-likeness (QED) is 0.792. The first-order valence-corrected chi connectivity index (χ1v) is 8.72. The van der Waals surface area contributed by atoms with Gasteiger partial charge in [0.15, 0.2) is 0 Å². The fourth-order valence-electron chi connectivity index (χ4n) is 3.38. The monoisotopic (exact) mass is 376 g/mol. The summed E-state index contributed by atoms with van der Waals surface area (Å²) in [5, 5.41) is 0.0596. The van der Waals surface area contributed by atoms with Crippen molar-refractivity contribution < 1.29 is 22.7 Å². The van der Waals surface area contributed by atoms with Crippen molar-refractivity contribution in [1.82, 2.24) is 4.90 Å². The van der Waals surface area contributed by atoms with Gasteiger partial charge in [-0.2, -0.15) is 13.2 Å². The number of hydrogen-bond donors (Lipinski definition) is 0. The van der Waals surface area contributed by atoms with Gasteiger partial charge in [-0.05, 0) is 31.0 Å². The van der Waals surface area contributed by atoms with Crippen LogP contribution < -0.4 is 4.90 Å². The second kappa shape index (κ2) is 7.41. The van der Waals surface area contributed by atoms with E-state index in [1.807, 2.05) is 0 Å². The predicted octanol–water partition coefficient (Wildman–Crippen LogP) is 3.43. The van der Waals surface area contributed by atoms with Gasteiger partial charge in [0.25, 0.3) is 0 Å². The molecule has 2 aliphatic heterocycles. The summed E-state index contributed by atoms with van der Waals surface area (Å²) in [4.78, 5) is 16.0. The summed E-state index contributed by atoms with van der Waals surface area (Å²) in [7, 11) is 0. The van der Waals surface area contributed by atoms with Crippen LogP contribution in [0.3, 0.4) is 0 Å². The standard InChI is InChI=1S/C17H20ClF3N2O2/c18-13-1-2-15(14(11-13)17(19,20)21)22-5-7-23(8-6-22)16(24)12-3-9-25-10-4-12/h1-2,11-12H,3-10H2. The van der Waals surface area contributed by atoms with E-state index in [0.717, 1.165) is 6.07 Å². The molecule has 8 heteroatoms. The minimum atomic E-state index is -4.46. The molecule has 1 aromatic carbocycles. The Balaban J connectivity index is 1.67. The summed E-state index contributed by atoms with van der Waals surface area (Å²) in [6.07, 6.45) is -3.03. The first-order chi connectivity index (χ1) is 11.9. The van der Waals surface area contributed by atoms with Crippen LogP contribution in [0.1, 0.15) is 18.4 Å². The SMILES string of the molecule is O=C(C1CCOCC1)N1CCN(c2ccc(Cl)cc2C(F)(F)F)CC1. The predicted molar refractivity (Wildman–Crippen MR) is 88.8 cm³/mol. The zero-order valence-corrected chi connectivity index (χ0v) is 14.4. The fraction of sp³-hybridized carbons (Fsp3) is 0.588. The zero-order chi connectivity index (χ0) is 18.0. The van der Waals surface area contributed by atoms with E-state index in [1.54, 1.807) is 9.80 Å². The lowest BCUT2D eigenvalue weighted by Gasteiger charge is -2.39. The van der Waals surface area contributed by atoms with Crippen LogP contribution in [-0.2, 0) is 15.7 Å². The number of ether oxygens (including phenoxy) is 1. The molecular weight excluding hydrogens is 357 g/mol. The highest BCUT2D eigenvalue weighted by atomic mass is 35.5. The Morgan fingerprint density at radius 2 is 1.76 bits per heavy atom. The number of carbonyl (C=O) groups is 1. The largest absolute Gasteiger partial charge is 0.418 e. The first kappa shape index (κ1) is 18.3. The maximum atomic E-state index is 13.3. The van der Waals surface area contributed by atoms with Crippen molar-refractivity contribution in [3.8, 4) is 0 Å². The summed E-state index contributed by atoms with van der Waals surface area (Å²) in [5.41, 5.74) is -0.612. The lowest BCUT2D eigenvalue weighted by molar-refractivity contribution is -0.139. The molecule has 0 saturated carbocycles. The molecule has 2 heterocycles. The lowest BCUT2D eigenvalue weighted by Crippen LogP contribution is -2.51. The number of anilines is 1. The van der Waals surface area contributed by atoms with Gasteiger partial charge in [-0.15, -0.1) is 0 Å². The highest BCUT2D eigenvalue weighted by Gasteiger charge is 2.36. The van der Waals surface area contributed by atoms with Crippen LogP contribution >= 0.6 is 11.6 Å². The van der Waals surface area contributed by atoms with Crippen LogP contribution in [0.4, 0.5) is 18.9 Å². The smallest absolute Gasteiger partial charge is 0.381 e. The van der Waals surface area contributed by atoms with E-state index >= 15 is 0 Å². The number of amides is 1. The van der Waals surface area contributed by atoms with E-state index in [0.29, 0.717) is 52.2 Å². The van der Waals surface area contributed by atoms with Crippen LogP contribution in [-0.4, -0.2) is 50.2 Å². The number of hydrogen-bond acceptors (Lipinski definition) is 3. The Morgan fingerprint density at radius 3 is 2.36 bits per heavy atom. The highest BCUT2D eigenvalue weighted by molar-refractivity contribution is 6.30. The summed E-state index contributed by atoms with van der Waals surface area (Å²) in [6, 6.07) is 3.82. The second-order valence-electron chi connectivity index (χ2n) is 6.36. The molecule has 0 bridgehead atoms. The third-order valence-corrected chi connectivity index (χ3v) is 5.00. The van der Waals surface area contributed by atoms with Gasteiger partial charge in [0.05, 0.1) is 5.56 Å². The summed E-state index contributed by atoms with van der Waals surface area (Å²) in [5.74, 6) is 0.0664. The molecule has 1 amide bonds. The van der Waals surface area contributed by atoms with Gasteiger partial charge in [-0.1, -0.05) is 11.6 Å². The van der Waals surface area contributed by atoms with Crippen LogP contribution in [0.15, 0.2) is 18.2 Å². The van der Waals surface area contributed by atoms with Gasteiger partial charge in [0.1, 0.15) is 0 Å². The molecule has 138 valence electrons. The minimum Gasteiger partial charge on any atom is -0.381 e. The van der Waals surface area contributed by atoms with E-state index in [2.05, 4.69) is 0 Å². The Morgan fingerprint density at radius 1 is 1.12 bits per heavy atom. The molecular formula is C17H20ClF3N2O2. The van der Waals surface area contributed by atoms with Gasteiger partial charge >= 0.3 is 6.18 Å². The van der Waals surface area contributed by atoms with Gasteiger partial charge in [0.2, 0.25) is 5.91 Å². The Kier molecular flexibility index (Phi) is 5.43. The van der Waals surface area contributed by atoms with Gasteiger partial charge in [0, 0.05) is 56.0 Å². The Bertz CT molecular complexity index is 625. The van der Waals surface area contributed by atoms with E-state index in [9.17, 15) is 18.0 Å². The number of nitrogens with zero attached hydrogens (tertiary/aromatic N) is 2. The normalized spacial score (nSPS) is 20.0. The van der Waals surface area contributed by atoms with Gasteiger partial charge in [-0.25, -0.2) is 0 Å². The first-order valence-electron chi connectivity index (χ1n) is 8.34. The maximum absolute atomic E-state index is 13.3. The number of piperazine rings is 1. The molecule has 0 N–H and O–H groups in total. The highest BCUT2D eigenvalue weighted by Crippen LogP contribution is 2.38. The second-order valence-corrected chi connectivity index (χ2v) is 6.79. The molecule has 1 aromatic rings. The molecule has 0 aromatic heterocycles. The number of rotatable bonds is 2. The minimum absolute atomic E-state index is 0.0263. The summed E-state index contributed by atoms with van der Waals surface area (Å²) < 4.78 is 45.1. The van der Waals surface area contributed by atoms with Crippen molar-refractivity contribution in [2.75, 3.05) is 44.3 Å². The van der Waals surface area contributed by atoms with Crippen molar-refractivity contribution in [3.63, 3.8) is 0 Å². The van der Waals surface area contributed by atoms with Crippen molar-refractivity contribution in [2.45, 2.75) is 19.0 Å². The fourth-order valence-corrected chi connectivity index (χ4v) is 3.55. The Labute approximate surface area is 149 Å². The average molecular weight is 377 g/mol. The number of alkyl halides is 3. The molecule has 0 radical (unpaired) electrons. The molecule has 2 saturated heterocycles. The third kappa shape index (κ3) is 4.20. The zero-order valence-electron chi connectivity index (χ0n) is 13.7. The lowest BCUT2D eigenvalue weighted by atomic mass is 9.98. The average Bonchev–Trinajstić information content (AvgIpc) is 2.61. The topological polar surface area (TPSA) is 32.8 Å². The summed E-state index contributed by atoms with van der Waals surface area (Å²) >= 11 is 5.73. The van der Waals surface area contributed by atoms with Crippen LogP contribution in [0.25, 0.3) is 0 Å². The van der Waals surface area contributed by atoms with E-state index in [4.69, 9.17) is 16.3 Å². The van der Waals surface area contributed by atoms with Crippen molar-refractivity contribution in [1.29, 1.82) is 0 Å². The van der Waals surface area contributed by atoms with E-state index < -0.39 is 11.7 Å². The maximum Gasteiger partial charge on any atom is 0.418 e. The van der Waals surface area contributed by atoms with E-state index in [-0.39, 0.29) is 22.5 Å². The van der Waals surface area contributed by atoms with Crippen molar-refractivity contribution in [3.05, 3.63) is 28.8 Å². The summed E-state index contributed by atoms with van der Waals surface area (Å²) in [6.45, 7) is 2.79. The van der Waals surface area contributed by atoms with Crippen molar-refractivity contribution in [2.24, 2.45) is 5.92 Å². The van der Waals surface area contributed by atoms with Crippen molar-refractivity contribution >= 4 is 23.2 Å². The van der Waals surface area contributed by atoms with E-state index in [1.165, 1.54) is 12.1 Å². The number of benzene rings is 1. The molecule has 2 fully saturated rings. The van der Waals surface area contributed by atoms with Crippen LogP contribution in [0, 0.1) is 5.92 Å². The molecule has 0 aliphatic carbocycles. The number of carbonyl (C=O) groups excluding carboxylic acids is 1. The van der Waals surface area contributed by atoms with Gasteiger partial charge < -0.3 is 14.5 Å². The number of halogens is 4. The molecule has 3 rings (SSSR count). The molecule has 0 spiro atoms. The Hall–Kier alpha value is -1.47. The molecule has 0 atom stereocenters. The molecule has 4 nitrogen and oxygen atoms in total. The molecule has 25 heavy (non-hydrogen) atoms.